The summed E-state index contributed by atoms with van der Waals surface area (Å²) in [7, 11) is 0. The number of nitrogens with two attached hydrogens (primary N) is 1. The van der Waals surface area contributed by atoms with Crippen LogP contribution in [-0.4, -0.2) is 38.4 Å². The zero-order valence-electron chi connectivity index (χ0n) is 13.9. The van der Waals surface area contributed by atoms with Crippen LogP contribution in [0.15, 0.2) is 28.0 Å². The molecule has 3 N–H and O–H groups in total. The van der Waals surface area contributed by atoms with Crippen molar-refractivity contribution in [1.82, 2.24) is 20.1 Å². The van der Waals surface area contributed by atoms with Crippen molar-refractivity contribution in [2.24, 2.45) is 11.7 Å². The maximum Gasteiger partial charge on any atom is 0.237 e. The van der Waals surface area contributed by atoms with Crippen LogP contribution in [0.1, 0.15) is 20.8 Å². The molecule has 130 valence electrons. The van der Waals surface area contributed by atoms with Crippen molar-refractivity contribution in [1.29, 1.82) is 0 Å². The largest absolute Gasteiger partial charge is 0.461 e. The molecular weight excluding hydrogens is 330 g/mol. The lowest BCUT2D eigenvalue weighted by molar-refractivity contribution is -0.119. The zero-order chi connectivity index (χ0) is 17.7. The molecule has 2 heterocycles. The minimum absolute atomic E-state index is 0.0836. The van der Waals surface area contributed by atoms with E-state index >= 15 is 0 Å². The third kappa shape index (κ3) is 4.60. The number of rotatable bonds is 8. The summed E-state index contributed by atoms with van der Waals surface area (Å²) in [5.41, 5.74) is 5.30. The molecule has 0 spiro atoms. The molecule has 0 aliphatic carbocycles. The van der Waals surface area contributed by atoms with E-state index in [1.165, 1.54) is 18.0 Å². The number of primary amides is 1. The molecule has 0 saturated carbocycles. The Morgan fingerprint density at radius 3 is 2.71 bits per heavy atom. The van der Waals surface area contributed by atoms with Crippen molar-refractivity contribution < 1.29 is 14.0 Å². The number of nitrogens with zero attached hydrogens (tertiary/aromatic N) is 3. The first-order valence-electron chi connectivity index (χ1n) is 7.56. The van der Waals surface area contributed by atoms with E-state index in [1.54, 1.807) is 16.7 Å². The Labute approximate surface area is 144 Å². The van der Waals surface area contributed by atoms with Crippen molar-refractivity contribution >= 4 is 23.6 Å². The molecular formula is C15H21N5O3S. The Balaban J connectivity index is 2.10. The van der Waals surface area contributed by atoms with Crippen molar-refractivity contribution in [3.05, 3.63) is 18.4 Å². The summed E-state index contributed by atoms with van der Waals surface area (Å²) >= 11 is 1.20. The highest BCUT2D eigenvalue weighted by Gasteiger charge is 2.19. The van der Waals surface area contributed by atoms with Crippen LogP contribution in [0.3, 0.4) is 0 Å². The number of carbonyl (C=O) groups excluding carboxylic acids is 2. The van der Waals surface area contributed by atoms with E-state index in [2.05, 4.69) is 15.5 Å². The first-order chi connectivity index (χ1) is 11.4. The molecule has 0 radical (unpaired) electrons. The second-order valence-electron chi connectivity index (χ2n) is 5.72. The third-order valence-corrected chi connectivity index (χ3v) is 4.46. The van der Waals surface area contributed by atoms with Gasteiger partial charge in [-0.3, -0.25) is 14.2 Å². The lowest BCUT2D eigenvalue weighted by Crippen LogP contribution is -2.37. The minimum atomic E-state index is -0.526. The SMILES string of the molecule is CC(C)C(C)NC(=O)CSc1nnc(-c2ccco2)n1CC(N)=O. The van der Waals surface area contributed by atoms with Gasteiger partial charge < -0.3 is 15.5 Å². The van der Waals surface area contributed by atoms with E-state index < -0.39 is 5.91 Å². The minimum Gasteiger partial charge on any atom is -0.461 e. The van der Waals surface area contributed by atoms with Crippen molar-refractivity contribution in [3.63, 3.8) is 0 Å². The number of amides is 2. The molecule has 9 heteroatoms. The summed E-state index contributed by atoms with van der Waals surface area (Å²) in [5, 5.41) is 11.4. The summed E-state index contributed by atoms with van der Waals surface area (Å²) in [4.78, 5) is 23.3. The highest BCUT2D eigenvalue weighted by Crippen LogP contribution is 2.24. The predicted octanol–water partition coefficient (Wildman–Crippen LogP) is 1.28. The smallest absolute Gasteiger partial charge is 0.237 e. The van der Waals surface area contributed by atoms with Crippen molar-refractivity contribution in [2.75, 3.05) is 5.75 Å². The van der Waals surface area contributed by atoms with E-state index in [0.717, 1.165) is 0 Å². The molecule has 2 amide bonds. The number of hydrogen-bond acceptors (Lipinski definition) is 6. The van der Waals surface area contributed by atoms with Crippen molar-refractivity contribution in [3.8, 4) is 11.6 Å². The normalized spacial score (nSPS) is 12.3. The Hall–Kier alpha value is -2.29. The van der Waals surface area contributed by atoms with Gasteiger partial charge in [0, 0.05) is 6.04 Å². The predicted molar refractivity (Wildman–Crippen MR) is 90.1 cm³/mol. The van der Waals surface area contributed by atoms with E-state index in [4.69, 9.17) is 10.2 Å². The van der Waals surface area contributed by atoms with Crippen LogP contribution in [0.4, 0.5) is 0 Å². The Morgan fingerprint density at radius 2 is 2.12 bits per heavy atom. The lowest BCUT2D eigenvalue weighted by atomic mass is 10.1. The maximum absolute atomic E-state index is 12.0. The Morgan fingerprint density at radius 1 is 1.38 bits per heavy atom. The summed E-state index contributed by atoms with van der Waals surface area (Å²) in [6.07, 6.45) is 1.51. The van der Waals surface area contributed by atoms with Gasteiger partial charge in [-0.2, -0.15) is 0 Å². The Kier molecular flexibility index (Phi) is 6.02. The molecule has 0 aromatic carbocycles. The summed E-state index contributed by atoms with van der Waals surface area (Å²) in [5.74, 6) is 0.775. The maximum atomic E-state index is 12.0. The lowest BCUT2D eigenvalue weighted by Gasteiger charge is -2.17. The molecule has 1 unspecified atom stereocenters. The van der Waals surface area contributed by atoms with Crippen LogP contribution < -0.4 is 11.1 Å². The summed E-state index contributed by atoms with van der Waals surface area (Å²) in [6, 6.07) is 3.51. The molecule has 24 heavy (non-hydrogen) atoms. The van der Waals surface area contributed by atoms with Crippen LogP contribution in [0.5, 0.6) is 0 Å². The van der Waals surface area contributed by atoms with Gasteiger partial charge in [-0.25, -0.2) is 0 Å². The number of aromatic nitrogens is 3. The second-order valence-corrected chi connectivity index (χ2v) is 6.67. The molecule has 0 aliphatic heterocycles. The second kappa shape index (κ2) is 8.00. The fraction of sp³-hybridized carbons (Fsp3) is 0.467. The first kappa shape index (κ1) is 18.1. The fourth-order valence-corrected chi connectivity index (χ4v) is 2.62. The van der Waals surface area contributed by atoms with Crippen LogP contribution in [-0.2, 0) is 16.1 Å². The third-order valence-electron chi connectivity index (χ3n) is 3.49. The number of nitrogens with one attached hydrogen (secondary N) is 1. The molecule has 8 nitrogen and oxygen atoms in total. The summed E-state index contributed by atoms with van der Waals surface area (Å²) < 4.78 is 6.84. The van der Waals surface area contributed by atoms with E-state index in [9.17, 15) is 9.59 Å². The van der Waals surface area contributed by atoms with E-state index in [-0.39, 0.29) is 24.2 Å². The highest BCUT2D eigenvalue weighted by molar-refractivity contribution is 7.99. The number of hydrogen-bond donors (Lipinski definition) is 2. The van der Waals surface area contributed by atoms with E-state index in [0.29, 0.717) is 22.7 Å². The van der Waals surface area contributed by atoms with E-state index in [1.807, 2.05) is 20.8 Å². The topological polar surface area (TPSA) is 116 Å². The molecule has 2 aromatic heterocycles. The zero-order valence-corrected chi connectivity index (χ0v) is 14.7. The van der Waals surface area contributed by atoms with Crippen molar-refractivity contribution in [2.45, 2.75) is 38.5 Å². The molecule has 0 aliphatic rings. The van der Waals surface area contributed by atoms with Gasteiger partial charge in [0.2, 0.25) is 17.6 Å². The van der Waals surface area contributed by atoms with Gasteiger partial charge in [0.05, 0.1) is 12.0 Å². The molecule has 0 saturated heterocycles. The van der Waals surface area contributed by atoms with Gasteiger partial charge >= 0.3 is 0 Å². The number of thioether (sulfide) groups is 1. The average Bonchev–Trinajstić information content (AvgIpc) is 3.14. The molecule has 2 rings (SSSR count). The summed E-state index contributed by atoms with van der Waals surface area (Å²) in [6.45, 7) is 5.95. The van der Waals surface area contributed by atoms with Gasteiger partial charge in [0.15, 0.2) is 10.9 Å². The number of carbonyl (C=O) groups is 2. The van der Waals surface area contributed by atoms with Crippen LogP contribution >= 0.6 is 11.8 Å². The first-order valence-corrected chi connectivity index (χ1v) is 8.54. The Bertz CT molecular complexity index is 696. The fourth-order valence-electron chi connectivity index (χ4n) is 1.87. The quantitative estimate of drug-likeness (QED) is 0.692. The molecule has 2 aromatic rings. The van der Waals surface area contributed by atoms with Crippen LogP contribution in [0.25, 0.3) is 11.6 Å². The highest BCUT2D eigenvalue weighted by atomic mass is 32.2. The molecule has 0 bridgehead atoms. The van der Waals surface area contributed by atoms with Gasteiger partial charge in [-0.1, -0.05) is 25.6 Å². The van der Waals surface area contributed by atoms with Gasteiger partial charge in [-0.15, -0.1) is 10.2 Å². The molecule has 0 fully saturated rings. The number of furan rings is 1. The van der Waals surface area contributed by atoms with Gasteiger partial charge in [-0.05, 0) is 25.0 Å². The van der Waals surface area contributed by atoms with Crippen LogP contribution in [0, 0.1) is 5.92 Å². The van der Waals surface area contributed by atoms with Crippen LogP contribution in [0.2, 0.25) is 0 Å². The van der Waals surface area contributed by atoms with Gasteiger partial charge in [0.25, 0.3) is 0 Å². The monoisotopic (exact) mass is 351 g/mol. The molecule has 1 atom stereocenters. The standard InChI is InChI=1S/C15H21N5O3S/c1-9(2)10(3)17-13(22)8-24-15-19-18-14(11-5-4-6-23-11)20(15)7-12(16)21/h4-6,9-10H,7-8H2,1-3H3,(H2,16,21)(H,17,22). The van der Waals surface area contributed by atoms with Gasteiger partial charge in [0.1, 0.15) is 6.54 Å². The average molecular weight is 351 g/mol.